The number of carbonyl (C=O) groups excluding carboxylic acids is 3. The number of H-pyrrole nitrogens is 1. The molecule has 16 nitrogen and oxygen atoms in total. The third-order valence-electron chi connectivity index (χ3n) is 6.79. The third kappa shape index (κ3) is 5.98. The summed E-state index contributed by atoms with van der Waals surface area (Å²) < 4.78 is 5.75. The molecule has 0 bridgehead atoms. The highest BCUT2D eigenvalue weighted by Crippen LogP contribution is 2.40. The number of carboxylic acids is 1. The number of aromatic nitrogens is 4. The summed E-state index contributed by atoms with van der Waals surface area (Å²) >= 11 is 2.19. The maximum atomic E-state index is 13.2. The van der Waals surface area contributed by atoms with Gasteiger partial charge in [-0.25, -0.2) is 9.36 Å². The zero-order valence-corrected chi connectivity index (χ0v) is 25.1. The van der Waals surface area contributed by atoms with Gasteiger partial charge in [-0.05, 0) is 12.5 Å². The molecule has 0 saturated carbocycles. The number of carbonyl (C=O) groups is 4. The van der Waals surface area contributed by atoms with Crippen LogP contribution in [0.1, 0.15) is 28.8 Å². The molecule has 3 aromatic rings. The van der Waals surface area contributed by atoms with Gasteiger partial charge in [-0.1, -0.05) is 17.8 Å². The van der Waals surface area contributed by atoms with Crippen LogP contribution in [-0.4, -0.2) is 77.5 Å². The van der Waals surface area contributed by atoms with E-state index < -0.39 is 35.1 Å². The molecule has 0 aromatic carbocycles. The summed E-state index contributed by atoms with van der Waals surface area (Å²) in [5.41, 5.74) is 7.89. The second-order valence-corrected chi connectivity index (χ2v) is 11.3. The van der Waals surface area contributed by atoms with Crippen LogP contribution in [-0.2, 0) is 25.8 Å². The number of hydrogen-bond donors (Lipinski definition) is 5. The standard InChI is InChI=1S/C27H24N10O6S2/c1-3-15-16(9-30-17(15)22(38)31-12-28)13-5-7-36(8-6-13)10-14-11-44-25-19(24(40)37(25)20(14)26(41)42)32-23(39)18(34-43-4-2)21-33-27(29)45-35-21/h3,5-9,19,25H,1,4,10-11H2,2H3,(H5,29,31,32,33,35,38,39,41,42)/p+1/b34-18+. The summed E-state index contributed by atoms with van der Waals surface area (Å²) in [5.74, 6) is -2.97. The van der Waals surface area contributed by atoms with E-state index in [0.29, 0.717) is 16.7 Å². The van der Waals surface area contributed by atoms with Crippen molar-refractivity contribution in [2.45, 2.75) is 24.9 Å². The highest BCUT2D eigenvalue weighted by molar-refractivity contribution is 8.00. The second-order valence-electron chi connectivity index (χ2n) is 9.45. The number of nitrogens with one attached hydrogen (secondary N) is 3. The van der Waals surface area contributed by atoms with Gasteiger partial charge in [-0.3, -0.25) is 24.6 Å². The highest BCUT2D eigenvalue weighted by Gasteiger charge is 2.55. The van der Waals surface area contributed by atoms with Gasteiger partial charge in [0.25, 0.3) is 17.7 Å². The number of aromatic amines is 1. The van der Waals surface area contributed by atoms with Crippen LogP contribution in [0.4, 0.5) is 5.13 Å². The van der Waals surface area contributed by atoms with E-state index in [2.05, 4.69) is 36.7 Å². The Morgan fingerprint density at radius 3 is 2.78 bits per heavy atom. The number of thioether (sulfide) groups is 1. The fourth-order valence-electron chi connectivity index (χ4n) is 4.81. The number of aliphatic carboxylic acids is 1. The molecule has 2 aliphatic heterocycles. The number of hydrogen-bond acceptors (Lipinski definition) is 12. The lowest BCUT2D eigenvalue weighted by Crippen LogP contribution is -2.71. The van der Waals surface area contributed by atoms with E-state index in [1.807, 2.05) is 0 Å². The predicted octanol–water partition coefficient (Wildman–Crippen LogP) is 0.436. The molecule has 18 heteroatoms. The summed E-state index contributed by atoms with van der Waals surface area (Å²) in [6, 6.07) is 2.57. The van der Waals surface area contributed by atoms with E-state index in [-0.39, 0.29) is 47.0 Å². The minimum Gasteiger partial charge on any atom is -0.477 e. The second kappa shape index (κ2) is 13.0. The predicted molar refractivity (Wildman–Crippen MR) is 162 cm³/mol. The van der Waals surface area contributed by atoms with Crippen LogP contribution in [0.15, 0.2) is 53.7 Å². The van der Waals surface area contributed by atoms with Crippen LogP contribution in [0.25, 0.3) is 17.2 Å². The van der Waals surface area contributed by atoms with E-state index in [4.69, 9.17) is 15.8 Å². The van der Waals surface area contributed by atoms with Gasteiger partial charge < -0.3 is 26.0 Å². The summed E-state index contributed by atoms with van der Waals surface area (Å²) in [7, 11) is 0. The van der Waals surface area contributed by atoms with Gasteiger partial charge in [0, 0.05) is 52.3 Å². The Kier molecular flexibility index (Phi) is 8.92. The van der Waals surface area contributed by atoms with E-state index in [1.165, 1.54) is 22.7 Å². The first-order valence-electron chi connectivity index (χ1n) is 13.2. The first-order valence-corrected chi connectivity index (χ1v) is 15.0. The monoisotopic (exact) mass is 649 g/mol. The first kappa shape index (κ1) is 30.9. The molecule has 0 radical (unpaired) electrons. The summed E-state index contributed by atoms with van der Waals surface area (Å²) in [6.07, 6.45) is 8.23. The number of β-lactam (4-membered cyclic amide) rings is 1. The fraction of sp³-hybridized carbons (Fsp3) is 0.222. The average Bonchev–Trinajstić information content (AvgIpc) is 3.66. The normalized spacial score (nSPS) is 17.6. The molecule has 3 aromatic heterocycles. The van der Waals surface area contributed by atoms with Crippen molar-refractivity contribution in [2.24, 2.45) is 5.16 Å². The molecule has 5 heterocycles. The number of nitrogens with zero attached hydrogens (tertiary/aromatic N) is 6. The third-order valence-corrected chi connectivity index (χ3v) is 8.67. The maximum absolute atomic E-state index is 13.2. The molecule has 6 N–H and O–H groups in total. The van der Waals surface area contributed by atoms with Crippen molar-refractivity contribution in [1.29, 1.82) is 5.26 Å². The van der Waals surface area contributed by atoms with Crippen LogP contribution in [0.2, 0.25) is 0 Å². The fourth-order valence-corrected chi connectivity index (χ4v) is 6.58. The van der Waals surface area contributed by atoms with Crippen molar-refractivity contribution in [2.75, 3.05) is 18.1 Å². The Labute approximate surface area is 263 Å². The van der Waals surface area contributed by atoms with Crippen LogP contribution >= 0.6 is 23.3 Å². The number of nitrogen functional groups attached to an aromatic ring is 1. The van der Waals surface area contributed by atoms with Gasteiger partial charge in [0.2, 0.25) is 11.5 Å². The molecular formula is C27H25N10O6S2+. The van der Waals surface area contributed by atoms with Crippen molar-refractivity contribution >= 4 is 63.9 Å². The summed E-state index contributed by atoms with van der Waals surface area (Å²) in [4.78, 5) is 63.8. The Balaban J connectivity index is 1.32. The van der Waals surface area contributed by atoms with E-state index in [0.717, 1.165) is 17.1 Å². The number of amides is 3. The zero-order chi connectivity index (χ0) is 32.2. The number of nitriles is 1. The minimum atomic E-state index is -1.27. The first-order chi connectivity index (χ1) is 21.7. The average molecular weight is 650 g/mol. The number of carboxylic acid groups (broad SMARTS) is 1. The lowest BCUT2D eigenvalue weighted by atomic mass is 10.0. The van der Waals surface area contributed by atoms with Crippen molar-refractivity contribution in [3.05, 3.63) is 65.7 Å². The van der Waals surface area contributed by atoms with Gasteiger partial charge in [-0.15, -0.1) is 11.8 Å². The summed E-state index contributed by atoms with van der Waals surface area (Å²) in [5, 5.41) is 26.8. The van der Waals surface area contributed by atoms with Crippen molar-refractivity contribution in [3.63, 3.8) is 0 Å². The molecule has 2 atom stereocenters. The SMILES string of the molecule is C=Cc1c(-c2cc[n+](CC3=C(C(=O)O)N4C(=O)C(NC(=O)/C(=N/OCC)c5nsc(N)n5)C4SC3)cc2)c[nH]c1C(=O)NC#N. The summed E-state index contributed by atoms with van der Waals surface area (Å²) in [6.45, 7) is 5.80. The Morgan fingerprint density at radius 2 is 2.16 bits per heavy atom. The minimum absolute atomic E-state index is 0.0537. The van der Waals surface area contributed by atoms with Gasteiger partial charge in [0.15, 0.2) is 30.3 Å². The lowest BCUT2D eigenvalue weighted by molar-refractivity contribution is -0.689. The van der Waals surface area contributed by atoms with Gasteiger partial charge in [0.1, 0.15) is 29.4 Å². The van der Waals surface area contributed by atoms with Gasteiger partial charge in [-0.2, -0.15) is 14.6 Å². The maximum Gasteiger partial charge on any atom is 0.352 e. The molecule has 0 aliphatic carbocycles. The molecular weight excluding hydrogens is 624 g/mol. The number of oxime groups is 1. The topological polar surface area (TPSA) is 233 Å². The largest absolute Gasteiger partial charge is 0.477 e. The quantitative estimate of drug-likeness (QED) is 0.0477. The van der Waals surface area contributed by atoms with Crippen LogP contribution in [0.5, 0.6) is 0 Å². The van der Waals surface area contributed by atoms with E-state index in [1.54, 1.807) is 48.4 Å². The molecule has 230 valence electrons. The van der Waals surface area contributed by atoms with Gasteiger partial charge >= 0.3 is 5.97 Å². The Bertz CT molecular complexity index is 1810. The molecule has 0 spiro atoms. The van der Waals surface area contributed by atoms with Crippen molar-refractivity contribution < 1.29 is 33.7 Å². The van der Waals surface area contributed by atoms with Crippen LogP contribution in [0.3, 0.4) is 0 Å². The number of fused-ring (bicyclic) bond motifs is 1. The molecule has 3 amide bonds. The Hall–Kier alpha value is -5.54. The van der Waals surface area contributed by atoms with E-state index >= 15 is 0 Å². The highest BCUT2D eigenvalue weighted by atomic mass is 32.2. The number of pyridine rings is 1. The van der Waals surface area contributed by atoms with Crippen molar-refractivity contribution in [1.82, 2.24) is 29.9 Å². The van der Waals surface area contributed by atoms with Crippen LogP contribution < -0.4 is 20.9 Å². The smallest absolute Gasteiger partial charge is 0.352 e. The lowest BCUT2D eigenvalue weighted by Gasteiger charge is -2.49. The van der Waals surface area contributed by atoms with Crippen LogP contribution in [0, 0.1) is 11.5 Å². The molecule has 5 rings (SSSR count). The van der Waals surface area contributed by atoms with Crippen molar-refractivity contribution in [3.8, 4) is 17.3 Å². The molecule has 1 fully saturated rings. The molecule has 2 aliphatic rings. The van der Waals surface area contributed by atoms with E-state index in [9.17, 15) is 24.3 Å². The molecule has 2 unspecified atom stereocenters. The number of nitrogens with two attached hydrogens (primary N) is 1. The van der Waals surface area contributed by atoms with Gasteiger partial charge in [0.05, 0.1) is 0 Å². The molecule has 45 heavy (non-hydrogen) atoms. The molecule has 1 saturated heterocycles. The zero-order valence-electron chi connectivity index (χ0n) is 23.5. The number of rotatable bonds is 11. The Morgan fingerprint density at radius 1 is 1.40 bits per heavy atom. The number of anilines is 1.